The molecule has 0 radical (unpaired) electrons. The van der Waals surface area contributed by atoms with Crippen LogP contribution >= 0.6 is 11.5 Å². The van der Waals surface area contributed by atoms with Crippen LogP contribution in [0.2, 0.25) is 0 Å². The molecule has 5 heteroatoms. The first kappa shape index (κ1) is 8.62. The molecule has 0 spiro atoms. The van der Waals surface area contributed by atoms with E-state index < -0.39 is 0 Å². The van der Waals surface area contributed by atoms with Crippen LogP contribution in [0.3, 0.4) is 0 Å². The summed E-state index contributed by atoms with van der Waals surface area (Å²) in [5.74, 6) is 0.958. The first-order valence-corrected chi connectivity index (χ1v) is 5.09. The molecule has 1 fully saturated rings. The Labute approximate surface area is 80.1 Å². The molecule has 0 saturated heterocycles. The fraction of sp³-hybridized carbons (Fsp3) is 0.625. The number of carbonyl (C=O) groups excluding carboxylic acids is 1. The number of hydrogen-bond donors (Lipinski definition) is 0. The number of ether oxygens (including phenoxy) is 1. The zero-order chi connectivity index (χ0) is 9.26. The van der Waals surface area contributed by atoms with Crippen molar-refractivity contribution in [2.45, 2.75) is 25.7 Å². The monoisotopic (exact) mass is 198 g/mol. The first-order chi connectivity index (χ1) is 6.31. The van der Waals surface area contributed by atoms with Crippen molar-refractivity contribution in [2.75, 3.05) is 6.61 Å². The molecule has 0 aliphatic heterocycles. The van der Waals surface area contributed by atoms with Gasteiger partial charge in [-0.1, -0.05) is 0 Å². The van der Waals surface area contributed by atoms with Crippen LogP contribution in [0.5, 0.6) is 0 Å². The highest BCUT2D eigenvalue weighted by Gasteiger charge is 2.28. The van der Waals surface area contributed by atoms with Crippen molar-refractivity contribution in [3.8, 4) is 0 Å². The average Bonchev–Trinajstić information content (AvgIpc) is 2.84. The van der Waals surface area contributed by atoms with Gasteiger partial charge in [0, 0.05) is 5.92 Å². The predicted octanol–water partition coefficient (Wildman–Crippen LogP) is 1.59. The molecule has 0 N–H and O–H groups in total. The van der Waals surface area contributed by atoms with E-state index >= 15 is 0 Å². The maximum absolute atomic E-state index is 11.2. The third-order valence-corrected chi connectivity index (χ3v) is 2.54. The molecule has 13 heavy (non-hydrogen) atoms. The van der Waals surface area contributed by atoms with Crippen LogP contribution in [0, 0.1) is 0 Å². The van der Waals surface area contributed by atoms with Gasteiger partial charge in [0.15, 0.2) is 0 Å². The Kier molecular flexibility index (Phi) is 2.26. The van der Waals surface area contributed by atoms with Crippen LogP contribution in [0.25, 0.3) is 0 Å². The average molecular weight is 198 g/mol. The van der Waals surface area contributed by atoms with Gasteiger partial charge in [0.2, 0.25) is 5.01 Å². The SMILES string of the molecule is CCOC(=O)c1nc(C2CC2)ns1. The summed E-state index contributed by atoms with van der Waals surface area (Å²) in [6.07, 6.45) is 2.30. The molecule has 0 unspecified atom stereocenters. The van der Waals surface area contributed by atoms with Gasteiger partial charge in [-0.25, -0.2) is 9.78 Å². The Morgan fingerprint density at radius 2 is 2.46 bits per heavy atom. The van der Waals surface area contributed by atoms with Crippen molar-refractivity contribution in [2.24, 2.45) is 0 Å². The molecule has 0 bridgehead atoms. The minimum atomic E-state index is -0.355. The molecular formula is C8H10N2O2S. The molecule has 0 amide bonds. The molecule has 70 valence electrons. The van der Waals surface area contributed by atoms with Crippen molar-refractivity contribution in [1.82, 2.24) is 9.36 Å². The highest BCUT2D eigenvalue weighted by Crippen LogP contribution is 2.38. The van der Waals surface area contributed by atoms with Crippen LogP contribution in [0.15, 0.2) is 0 Å². The minimum absolute atomic E-state index is 0.355. The summed E-state index contributed by atoms with van der Waals surface area (Å²) in [6.45, 7) is 2.16. The molecule has 4 nitrogen and oxygen atoms in total. The van der Waals surface area contributed by atoms with Crippen LogP contribution in [0.1, 0.15) is 41.3 Å². The zero-order valence-electron chi connectivity index (χ0n) is 7.32. The molecule has 1 aromatic heterocycles. The Hall–Kier alpha value is -0.970. The lowest BCUT2D eigenvalue weighted by atomic mass is 10.4. The summed E-state index contributed by atoms with van der Waals surface area (Å²) in [4.78, 5) is 15.3. The van der Waals surface area contributed by atoms with Gasteiger partial charge in [0.25, 0.3) is 0 Å². The summed E-state index contributed by atoms with van der Waals surface area (Å²) in [7, 11) is 0. The Morgan fingerprint density at radius 3 is 3.08 bits per heavy atom. The van der Waals surface area contributed by atoms with Crippen molar-refractivity contribution in [3.63, 3.8) is 0 Å². The largest absolute Gasteiger partial charge is 0.461 e. The standard InChI is InChI=1S/C8H10N2O2S/c1-2-12-8(11)7-9-6(10-13-7)5-3-4-5/h5H,2-4H2,1H3. The van der Waals surface area contributed by atoms with Gasteiger partial charge in [-0.15, -0.1) is 0 Å². The number of hydrogen-bond acceptors (Lipinski definition) is 5. The van der Waals surface area contributed by atoms with E-state index in [1.807, 2.05) is 0 Å². The number of rotatable bonds is 3. The second kappa shape index (κ2) is 3.41. The lowest BCUT2D eigenvalue weighted by Crippen LogP contribution is -2.03. The van der Waals surface area contributed by atoms with Gasteiger partial charge in [-0.3, -0.25) is 0 Å². The maximum Gasteiger partial charge on any atom is 0.369 e. The Morgan fingerprint density at radius 1 is 1.69 bits per heavy atom. The maximum atomic E-state index is 11.2. The molecule has 1 aromatic rings. The third kappa shape index (κ3) is 1.85. The van der Waals surface area contributed by atoms with E-state index in [0.717, 1.165) is 30.2 Å². The molecule has 1 heterocycles. The van der Waals surface area contributed by atoms with Crippen molar-refractivity contribution in [3.05, 3.63) is 10.8 Å². The van der Waals surface area contributed by atoms with Crippen LogP contribution in [-0.4, -0.2) is 21.9 Å². The van der Waals surface area contributed by atoms with Crippen LogP contribution in [0.4, 0.5) is 0 Å². The van der Waals surface area contributed by atoms with Gasteiger partial charge in [0.05, 0.1) is 6.61 Å². The van der Waals surface area contributed by atoms with Gasteiger partial charge in [0.1, 0.15) is 5.82 Å². The number of esters is 1. The van der Waals surface area contributed by atoms with Crippen molar-refractivity contribution in [1.29, 1.82) is 0 Å². The normalized spacial score (nSPS) is 15.8. The molecule has 2 rings (SSSR count). The summed E-state index contributed by atoms with van der Waals surface area (Å²) < 4.78 is 8.92. The smallest absolute Gasteiger partial charge is 0.369 e. The van der Waals surface area contributed by atoms with Crippen LogP contribution in [-0.2, 0) is 4.74 Å². The van der Waals surface area contributed by atoms with Gasteiger partial charge in [-0.05, 0) is 31.3 Å². The van der Waals surface area contributed by atoms with E-state index in [1.165, 1.54) is 0 Å². The fourth-order valence-corrected chi connectivity index (χ4v) is 1.66. The van der Waals surface area contributed by atoms with E-state index in [-0.39, 0.29) is 5.97 Å². The molecule has 1 aliphatic carbocycles. The number of nitrogens with zero attached hydrogens (tertiary/aromatic N) is 2. The third-order valence-electron chi connectivity index (χ3n) is 1.83. The summed E-state index contributed by atoms with van der Waals surface area (Å²) in [6, 6.07) is 0. The van der Waals surface area contributed by atoms with E-state index in [4.69, 9.17) is 4.74 Å². The summed E-state index contributed by atoms with van der Waals surface area (Å²) >= 11 is 1.13. The highest BCUT2D eigenvalue weighted by molar-refractivity contribution is 7.07. The zero-order valence-corrected chi connectivity index (χ0v) is 8.13. The summed E-state index contributed by atoms with van der Waals surface area (Å²) in [5.41, 5.74) is 0. The molecule has 1 saturated carbocycles. The van der Waals surface area contributed by atoms with E-state index in [2.05, 4.69) is 9.36 Å². The number of aromatic nitrogens is 2. The predicted molar refractivity (Wildman–Crippen MR) is 47.8 cm³/mol. The van der Waals surface area contributed by atoms with Crippen molar-refractivity contribution >= 4 is 17.5 Å². The number of carbonyl (C=O) groups is 1. The Balaban J connectivity index is 2.07. The molecule has 1 aliphatic rings. The van der Waals surface area contributed by atoms with E-state index in [9.17, 15) is 4.79 Å². The lowest BCUT2D eigenvalue weighted by Gasteiger charge is -1.94. The molecular weight excluding hydrogens is 188 g/mol. The summed E-state index contributed by atoms with van der Waals surface area (Å²) in [5, 5.41) is 0.378. The second-order valence-corrected chi connectivity index (χ2v) is 3.70. The van der Waals surface area contributed by atoms with E-state index in [0.29, 0.717) is 17.5 Å². The van der Waals surface area contributed by atoms with Crippen LogP contribution < -0.4 is 0 Å². The first-order valence-electron chi connectivity index (χ1n) is 4.32. The van der Waals surface area contributed by atoms with Gasteiger partial charge < -0.3 is 4.74 Å². The fourth-order valence-electron chi connectivity index (χ4n) is 1.02. The minimum Gasteiger partial charge on any atom is -0.461 e. The van der Waals surface area contributed by atoms with Gasteiger partial charge >= 0.3 is 5.97 Å². The second-order valence-electron chi connectivity index (χ2n) is 2.95. The highest BCUT2D eigenvalue weighted by atomic mass is 32.1. The quantitative estimate of drug-likeness (QED) is 0.692. The van der Waals surface area contributed by atoms with Crippen molar-refractivity contribution < 1.29 is 9.53 Å². The van der Waals surface area contributed by atoms with E-state index in [1.54, 1.807) is 6.92 Å². The Bertz CT molecular complexity index is 320. The van der Waals surface area contributed by atoms with Gasteiger partial charge in [-0.2, -0.15) is 4.37 Å². The lowest BCUT2D eigenvalue weighted by molar-refractivity contribution is 0.0525. The topological polar surface area (TPSA) is 52.1 Å². The molecule has 0 aromatic carbocycles. The molecule has 0 atom stereocenters.